The molecule has 0 saturated carbocycles. The number of benzene rings is 1. The zero-order valence-corrected chi connectivity index (χ0v) is 11.3. The number of anilines is 2. The van der Waals surface area contributed by atoms with Crippen LogP contribution in [0.2, 0.25) is 0 Å². The highest BCUT2D eigenvalue weighted by molar-refractivity contribution is 5.89. The molecule has 0 aliphatic carbocycles. The highest BCUT2D eigenvalue weighted by Gasteiger charge is 2.09. The van der Waals surface area contributed by atoms with Crippen molar-refractivity contribution in [2.45, 2.75) is 19.9 Å². The summed E-state index contributed by atoms with van der Waals surface area (Å²) in [6, 6.07) is 9.77. The number of hydrogen-bond acceptors (Lipinski definition) is 3. The fourth-order valence-corrected chi connectivity index (χ4v) is 2.02. The van der Waals surface area contributed by atoms with Crippen molar-refractivity contribution in [1.29, 1.82) is 0 Å². The molecule has 1 heterocycles. The van der Waals surface area contributed by atoms with Gasteiger partial charge in [0, 0.05) is 31.5 Å². The van der Waals surface area contributed by atoms with E-state index in [0.29, 0.717) is 0 Å². The summed E-state index contributed by atoms with van der Waals surface area (Å²) in [7, 11) is 1.92. The molecule has 1 aromatic heterocycles. The smallest absolute Gasteiger partial charge is 0.221 e. The molecule has 5 heteroatoms. The van der Waals surface area contributed by atoms with E-state index in [1.807, 2.05) is 42.1 Å². The van der Waals surface area contributed by atoms with Gasteiger partial charge in [0.15, 0.2) is 0 Å². The lowest BCUT2D eigenvalue weighted by atomic mass is 10.2. The summed E-state index contributed by atoms with van der Waals surface area (Å²) in [4.78, 5) is 11.0. The molecule has 1 unspecified atom stereocenters. The molecular weight excluding hydrogens is 240 g/mol. The van der Waals surface area contributed by atoms with E-state index < -0.39 is 0 Å². The van der Waals surface area contributed by atoms with E-state index in [2.05, 4.69) is 22.7 Å². The first-order chi connectivity index (χ1) is 9.06. The van der Waals surface area contributed by atoms with E-state index in [1.165, 1.54) is 6.92 Å². The lowest BCUT2D eigenvalue weighted by Crippen LogP contribution is -2.12. The number of carbonyl (C=O) groups excluding carboxylic acids is 1. The standard InChI is InChI=1S/C14H18N4O/c1-10(14-7-8-15-18(14)3)16-12-5-4-6-13(9-12)17-11(2)19/h4-10,16H,1-3H3,(H,17,19). The van der Waals surface area contributed by atoms with E-state index in [9.17, 15) is 4.79 Å². The molecule has 0 aliphatic rings. The molecule has 19 heavy (non-hydrogen) atoms. The molecular formula is C14H18N4O. The minimum absolute atomic E-state index is 0.0724. The molecule has 2 aromatic rings. The van der Waals surface area contributed by atoms with Crippen molar-refractivity contribution < 1.29 is 4.79 Å². The van der Waals surface area contributed by atoms with Crippen molar-refractivity contribution in [3.63, 3.8) is 0 Å². The van der Waals surface area contributed by atoms with Crippen molar-refractivity contribution >= 4 is 17.3 Å². The average Bonchev–Trinajstić information content (AvgIpc) is 2.75. The number of aryl methyl sites for hydroxylation is 1. The van der Waals surface area contributed by atoms with Crippen LogP contribution in [0.1, 0.15) is 25.6 Å². The summed E-state index contributed by atoms with van der Waals surface area (Å²) in [5, 5.41) is 10.3. The molecule has 100 valence electrons. The topological polar surface area (TPSA) is 59.0 Å². The van der Waals surface area contributed by atoms with Gasteiger partial charge in [0.05, 0.1) is 11.7 Å². The molecule has 0 bridgehead atoms. The molecule has 0 radical (unpaired) electrons. The van der Waals surface area contributed by atoms with Crippen LogP contribution in [0.5, 0.6) is 0 Å². The summed E-state index contributed by atoms with van der Waals surface area (Å²) in [6.45, 7) is 3.57. The first kappa shape index (κ1) is 13.1. The number of nitrogens with zero attached hydrogens (tertiary/aromatic N) is 2. The minimum atomic E-state index is -0.0724. The average molecular weight is 258 g/mol. The molecule has 2 N–H and O–H groups in total. The van der Waals surface area contributed by atoms with Crippen LogP contribution >= 0.6 is 0 Å². The summed E-state index contributed by atoms with van der Waals surface area (Å²) in [6.07, 6.45) is 1.78. The van der Waals surface area contributed by atoms with Crippen LogP contribution < -0.4 is 10.6 Å². The molecule has 0 saturated heterocycles. The Morgan fingerprint density at radius 3 is 2.68 bits per heavy atom. The monoisotopic (exact) mass is 258 g/mol. The lowest BCUT2D eigenvalue weighted by Gasteiger charge is -2.16. The molecule has 1 atom stereocenters. The Hall–Kier alpha value is -2.30. The Kier molecular flexibility index (Phi) is 3.85. The summed E-state index contributed by atoms with van der Waals surface area (Å²) in [5.41, 5.74) is 2.85. The van der Waals surface area contributed by atoms with Crippen molar-refractivity contribution in [3.05, 3.63) is 42.2 Å². The third-order valence-electron chi connectivity index (χ3n) is 2.87. The SMILES string of the molecule is CC(=O)Nc1cccc(NC(C)c2ccnn2C)c1. The maximum atomic E-state index is 11.0. The number of amides is 1. The summed E-state index contributed by atoms with van der Waals surface area (Å²) in [5.74, 6) is -0.0724. The number of rotatable bonds is 4. The van der Waals surface area contributed by atoms with Gasteiger partial charge in [-0.1, -0.05) is 6.07 Å². The van der Waals surface area contributed by atoms with E-state index in [0.717, 1.165) is 17.1 Å². The second-order valence-corrected chi connectivity index (χ2v) is 4.51. The predicted octanol–water partition coefficient (Wildman–Crippen LogP) is 2.55. The third kappa shape index (κ3) is 3.34. The van der Waals surface area contributed by atoms with Gasteiger partial charge in [-0.25, -0.2) is 0 Å². The van der Waals surface area contributed by atoms with Crippen molar-refractivity contribution in [1.82, 2.24) is 9.78 Å². The maximum Gasteiger partial charge on any atom is 0.221 e. The summed E-state index contributed by atoms with van der Waals surface area (Å²) >= 11 is 0. The van der Waals surface area contributed by atoms with Crippen LogP contribution in [0.15, 0.2) is 36.5 Å². The molecule has 0 spiro atoms. The van der Waals surface area contributed by atoms with Gasteiger partial charge in [-0.15, -0.1) is 0 Å². The van der Waals surface area contributed by atoms with Crippen molar-refractivity contribution in [2.75, 3.05) is 10.6 Å². The fraction of sp³-hybridized carbons (Fsp3) is 0.286. The van der Waals surface area contributed by atoms with Gasteiger partial charge < -0.3 is 10.6 Å². The second kappa shape index (κ2) is 5.56. The van der Waals surface area contributed by atoms with E-state index in [4.69, 9.17) is 0 Å². The number of carbonyl (C=O) groups is 1. The Morgan fingerprint density at radius 2 is 2.05 bits per heavy atom. The molecule has 5 nitrogen and oxygen atoms in total. The van der Waals surface area contributed by atoms with Gasteiger partial charge in [-0.05, 0) is 31.2 Å². The molecule has 1 aromatic carbocycles. The molecule has 0 fully saturated rings. The van der Waals surface area contributed by atoms with E-state index in [1.54, 1.807) is 6.20 Å². The Bertz CT molecular complexity index is 576. The Labute approximate surface area is 112 Å². The zero-order valence-electron chi connectivity index (χ0n) is 11.3. The second-order valence-electron chi connectivity index (χ2n) is 4.51. The Morgan fingerprint density at radius 1 is 1.32 bits per heavy atom. The van der Waals surface area contributed by atoms with Crippen LogP contribution in [0, 0.1) is 0 Å². The van der Waals surface area contributed by atoms with Gasteiger partial charge in [-0.3, -0.25) is 9.48 Å². The van der Waals surface area contributed by atoms with Crippen LogP contribution in [0.3, 0.4) is 0 Å². The lowest BCUT2D eigenvalue weighted by molar-refractivity contribution is -0.114. The van der Waals surface area contributed by atoms with Gasteiger partial charge in [0.25, 0.3) is 0 Å². The van der Waals surface area contributed by atoms with Crippen molar-refractivity contribution in [2.24, 2.45) is 7.05 Å². The third-order valence-corrected chi connectivity index (χ3v) is 2.87. The largest absolute Gasteiger partial charge is 0.377 e. The van der Waals surface area contributed by atoms with Gasteiger partial charge in [-0.2, -0.15) is 5.10 Å². The molecule has 1 amide bonds. The number of aromatic nitrogens is 2. The molecule has 2 rings (SSSR count). The Balaban J connectivity index is 2.11. The first-order valence-corrected chi connectivity index (χ1v) is 6.18. The highest BCUT2D eigenvalue weighted by Crippen LogP contribution is 2.21. The highest BCUT2D eigenvalue weighted by atomic mass is 16.1. The fourth-order valence-electron chi connectivity index (χ4n) is 2.02. The zero-order chi connectivity index (χ0) is 13.8. The maximum absolute atomic E-state index is 11.0. The van der Waals surface area contributed by atoms with Crippen LogP contribution in [-0.4, -0.2) is 15.7 Å². The summed E-state index contributed by atoms with van der Waals surface area (Å²) < 4.78 is 1.84. The van der Waals surface area contributed by atoms with Crippen LogP contribution in [0.4, 0.5) is 11.4 Å². The first-order valence-electron chi connectivity index (χ1n) is 6.18. The molecule has 0 aliphatic heterocycles. The van der Waals surface area contributed by atoms with Gasteiger partial charge in [0.1, 0.15) is 0 Å². The van der Waals surface area contributed by atoms with E-state index in [-0.39, 0.29) is 11.9 Å². The normalized spacial score (nSPS) is 11.9. The van der Waals surface area contributed by atoms with Crippen molar-refractivity contribution in [3.8, 4) is 0 Å². The quantitative estimate of drug-likeness (QED) is 0.886. The van der Waals surface area contributed by atoms with Crippen LogP contribution in [-0.2, 0) is 11.8 Å². The van der Waals surface area contributed by atoms with Crippen LogP contribution in [0.25, 0.3) is 0 Å². The predicted molar refractivity (Wildman–Crippen MR) is 76.0 cm³/mol. The minimum Gasteiger partial charge on any atom is -0.377 e. The number of hydrogen-bond donors (Lipinski definition) is 2. The van der Waals surface area contributed by atoms with Gasteiger partial charge >= 0.3 is 0 Å². The van der Waals surface area contributed by atoms with Gasteiger partial charge in [0.2, 0.25) is 5.91 Å². The number of nitrogens with one attached hydrogen (secondary N) is 2. The van der Waals surface area contributed by atoms with E-state index >= 15 is 0 Å².